The molecular weight excluding hydrogens is 356 g/mol. The fraction of sp³-hybridized carbons (Fsp3) is 0.278. The van der Waals surface area contributed by atoms with Crippen LogP contribution in [0.1, 0.15) is 40.1 Å². The molecule has 2 amide bonds. The first-order valence-electron chi connectivity index (χ1n) is 8.01. The molecule has 1 aromatic carbocycles. The van der Waals surface area contributed by atoms with Gasteiger partial charge >= 0.3 is 0 Å². The highest BCUT2D eigenvalue weighted by molar-refractivity contribution is 7.15. The normalized spacial score (nSPS) is 11.3. The Morgan fingerprint density at radius 1 is 1.00 bits per heavy atom. The second-order valence-electron chi connectivity index (χ2n) is 5.33. The van der Waals surface area contributed by atoms with Crippen LogP contribution in [-0.2, 0) is 4.79 Å². The van der Waals surface area contributed by atoms with E-state index < -0.39 is 17.9 Å². The van der Waals surface area contributed by atoms with Crippen molar-refractivity contribution in [3.05, 3.63) is 46.2 Å². The number of ether oxygens (including phenoxy) is 2. The van der Waals surface area contributed by atoms with Crippen LogP contribution in [0.25, 0.3) is 0 Å². The lowest BCUT2D eigenvalue weighted by Crippen LogP contribution is -2.47. The van der Waals surface area contributed by atoms with Gasteiger partial charge in [-0.15, -0.1) is 11.3 Å². The molecule has 0 spiro atoms. The van der Waals surface area contributed by atoms with Crippen molar-refractivity contribution in [3.63, 3.8) is 0 Å². The van der Waals surface area contributed by atoms with E-state index in [9.17, 15) is 14.4 Å². The lowest BCUT2D eigenvalue weighted by Gasteiger charge is -2.15. The first-order valence-corrected chi connectivity index (χ1v) is 8.82. The van der Waals surface area contributed by atoms with Crippen LogP contribution >= 0.6 is 11.3 Å². The van der Waals surface area contributed by atoms with Crippen molar-refractivity contribution in [2.24, 2.45) is 0 Å². The minimum Gasteiger partial charge on any atom is -0.494 e. The Morgan fingerprint density at radius 3 is 2.19 bits per heavy atom. The van der Waals surface area contributed by atoms with E-state index in [2.05, 4.69) is 10.9 Å². The van der Waals surface area contributed by atoms with Crippen LogP contribution in [0.4, 0.5) is 0 Å². The minimum absolute atomic E-state index is 0.115. The standard InChI is InChI=1S/C18H20N2O5S/c1-4-24-13-5-7-14(8-6-13)25-12(3)17(22)19-20-18(23)16-10-9-15(26-16)11(2)21/h5-10,12H,4H2,1-3H3,(H,19,22)(H,20,23). The fourth-order valence-corrected chi connectivity index (χ4v) is 2.77. The summed E-state index contributed by atoms with van der Waals surface area (Å²) in [5, 5.41) is 0. The molecule has 2 rings (SSSR count). The lowest BCUT2D eigenvalue weighted by molar-refractivity contribution is -0.128. The topological polar surface area (TPSA) is 93.7 Å². The summed E-state index contributed by atoms with van der Waals surface area (Å²) in [6.45, 7) is 5.45. The molecule has 0 radical (unpaired) electrons. The van der Waals surface area contributed by atoms with Crippen LogP contribution in [0.5, 0.6) is 11.5 Å². The number of rotatable bonds is 7. The van der Waals surface area contributed by atoms with Gasteiger partial charge in [0.2, 0.25) is 0 Å². The molecule has 0 fully saturated rings. The molecule has 0 saturated carbocycles. The number of amides is 2. The van der Waals surface area contributed by atoms with Crippen LogP contribution < -0.4 is 20.3 Å². The Kier molecular flexibility index (Phi) is 6.74. The average molecular weight is 376 g/mol. The summed E-state index contributed by atoms with van der Waals surface area (Å²) in [5.41, 5.74) is 4.61. The molecule has 8 heteroatoms. The third-order valence-electron chi connectivity index (χ3n) is 3.29. The molecule has 0 aliphatic heterocycles. The number of Topliss-reactive ketones (excluding diaryl/α,β-unsaturated/α-hetero) is 1. The van der Waals surface area contributed by atoms with Gasteiger partial charge in [-0.05, 0) is 57.2 Å². The van der Waals surface area contributed by atoms with Gasteiger partial charge in [0.15, 0.2) is 11.9 Å². The summed E-state index contributed by atoms with van der Waals surface area (Å²) < 4.78 is 10.9. The Hall–Kier alpha value is -2.87. The predicted octanol–water partition coefficient (Wildman–Crippen LogP) is 2.58. The van der Waals surface area contributed by atoms with Gasteiger partial charge < -0.3 is 9.47 Å². The Bertz CT molecular complexity index is 785. The van der Waals surface area contributed by atoms with E-state index in [1.165, 1.54) is 13.0 Å². The smallest absolute Gasteiger partial charge is 0.279 e. The first kappa shape index (κ1) is 19.5. The fourth-order valence-electron chi connectivity index (χ4n) is 1.97. The maximum atomic E-state index is 12.0. The molecule has 1 aromatic heterocycles. The maximum Gasteiger partial charge on any atom is 0.279 e. The van der Waals surface area contributed by atoms with E-state index in [0.29, 0.717) is 27.9 Å². The van der Waals surface area contributed by atoms with Crippen molar-refractivity contribution >= 4 is 28.9 Å². The van der Waals surface area contributed by atoms with Gasteiger partial charge in [0.1, 0.15) is 11.5 Å². The van der Waals surface area contributed by atoms with Crippen molar-refractivity contribution in [2.75, 3.05) is 6.61 Å². The number of nitrogens with one attached hydrogen (secondary N) is 2. The Morgan fingerprint density at radius 2 is 1.62 bits per heavy atom. The molecule has 1 heterocycles. The van der Waals surface area contributed by atoms with Crippen molar-refractivity contribution in [3.8, 4) is 11.5 Å². The highest BCUT2D eigenvalue weighted by Gasteiger charge is 2.17. The summed E-state index contributed by atoms with van der Waals surface area (Å²) in [7, 11) is 0. The number of carbonyl (C=O) groups is 3. The molecule has 0 saturated heterocycles. The zero-order valence-corrected chi connectivity index (χ0v) is 15.5. The second-order valence-corrected chi connectivity index (χ2v) is 6.41. The average Bonchev–Trinajstić information content (AvgIpc) is 3.11. The van der Waals surface area contributed by atoms with Gasteiger partial charge in [-0.2, -0.15) is 0 Å². The van der Waals surface area contributed by atoms with Crippen LogP contribution in [0.2, 0.25) is 0 Å². The SMILES string of the molecule is CCOc1ccc(OC(C)C(=O)NNC(=O)c2ccc(C(C)=O)s2)cc1. The van der Waals surface area contributed by atoms with Gasteiger partial charge in [-0.25, -0.2) is 0 Å². The highest BCUT2D eigenvalue weighted by atomic mass is 32.1. The molecule has 2 aromatic rings. The van der Waals surface area contributed by atoms with Gasteiger partial charge in [-0.1, -0.05) is 0 Å². The number of carbonyl (C=O) groups excluding carboxylic acids is 3. The third-order valence-corrected chi connectivity index (χ3v) is 4.48. The zero-order valence-electron chi connectivity index (χ0n) is 14.7. The molecule has 138 valence electrons. The number of thiophene rings is 1. The van der Waals surface area contributed by atoms with E-state index in [1.54, 1.807) is 37.3 Å². The molecule has 26 heavy (non-hydrogen) atoms. The molecule has 2 N–H and O–H groups in total. The highest BCUT2D eigenvalue weighted by Crippen LogP contribution is 2.19. The molecule has 1 atom stereocenters. The molecule has 0 aliphatic carbocycles. The van der Waals surface area contributed by atoms with E-state index in [0.717, 1.165) is 11.3 Å². The number of hydrogen-bond donors (Lipinski definition) is 2. The quantitative estimate of drug-likeness (QED) is 0.572. The van der Waals surface area contributed by atoms with Gasteiger partial charge in [-0.3, -0.25) is 25.2 Å². The molecule has 1 unspecified atom stereocenters. The second kappa shape index (κ2) is 9.00. The largest absolute Gasteiger partial charge is 0.494 e. The van der Waals surface area contributed by atoms with E-state index in [1.807, 2.05) is 6.92 Å². The van der Waals surface area contributed by atoms with Crippen molar-refractivity contribution in [1.29, 1.82) is 0 Å². The molecule has 7 nitrogen and oxygen atoms in total. The summed E-state index contributed by atoms with van der Waals surface area (Å²) >= 11 is 1.06. The number of hydrogen-bond acceptors (Lipinski definition) is 6. The summed E-state index contributed by atoms with van der Waals surface area (Å²) in [5.74, 6) is 0.104. The molecule has 0 aliphatic rings. The molecule has 0 bridgehead atoms. The minimum atomic E-state index is -0.815. The predicted molar refractivity (Wildman–Crippen MR) is 97.6 cm³/mol. The monoisotopic (exact) mass is 376 g/mol. The van der Waals surface area contributed by atoms with E-state index in [-0.39, 0.29) is 5.78 Å². The summed E-state index contributed by atoms with van der Waals surface area (Å²) in [4.78, 5) is 36.1. The van der Waals surface area contributed by atoms with Gasteiger partial charge in [0.25, 0.3) is 11.8 Å². The Balaban J connectivity index is 1.84. The number of ketones is 1. The van der Waals surface area contributed by atoms with Crippen LogP contribution in [0.15, 0.2) is 36.4 Å². The van der Waals surface area contributed by atoms with E-state index >= 15 is 0 Å². The molecular formula is C18H20N2O5S. The number of hydrazine groups is 1. The summed E-state index contributed by atoms with van der Waals surface area (Å²) in [6, 6.07) is 9.98. The van der Waals surface area contributed by atoms with Gasteiger partial charge in [0, 0.05) is 0 Å². The van der Waals surface area contributed by atoms with Crippen LogP contribution in [0.3, 0.4) is 0 Å². The Labute approximate surface area is 155 Å². The van der Waals surface area contributed by atoms with Crippen molar-refractivity contribution in [2.45, 2.75) is 26.9 Å². The van der Waals surface area contributed by atoms with Gasteiger partial charge in [0.05, 0.1) is 16.4 Å². The van der Waals surface area contributed by atoms with Crippen LogP contribution in [0, 0.1) is 0 Å². The van der Waals surface area contributed by atoms with Crippen LogP contribution in [-0.4, -0.2) is 30.3 Å². The third kappa shape index (κ3) is 5.32. The van der Waals surface area contributed by atoms with Crippen molar-refractivity contribution < 1.29 is 23.9 Å². The first-order chi connectivity index (χ1) is 12.4. The van der Waals surface area contributed by atoms with Crippen molar-refractivity contribution in [1.82, 2.24) is 10.9 Å². The zero-order chi connectivity index (χ0) is 19.1. The lowest BCUT2D eigenvalue weighted by atomic mass is 10.3. The summed E-state index contributed by atoms with van der Waals surface area (Å²) in [6.07, 6.45) is -0.815. The maximum absolute atomic E-state index is 12.0. The van der Waals surface area contributed by atoms with E-state index in [4.69, 9.17) is 9.47 Å². The number of benzene rings is 1.